The van der Waals surface area contributed by atoms with Gasteiger partial charge in [0.1, 0.15) is 17.2 Å². The summed E-state index contributed by atoms with van der Waals surface area (Å²) in [7, 11) is 1.73. The Balaban J connectivity index is 1.73. The van der Waals surface area contributed by atoms with E-state index in [0.29, 0.717) is 0 Å². The Morgan fingerprint density at radius 1 is 1.17 bits per heavy atom. The molecular formula is C20H18FNO2. The van der Waals surface area contributed by atoms with Crippen LogP contribution in [0.15, 0.2) is 65.1 Å². The van der Waals surface area contributed by atoms with Crippen LogP contribution in [0.4, 0.5) is 4.39 Å². The van der Waals surface area contributed by atoms with Gasteiger partial charge in [0.25, 0.3) is 0 Å². The molecule has 0 saturated heterocycles. The van der Waals surface area contributed by atoms with E-state index in [1.807, 2.05) is 37.3 Å². The lowest BCUT2D eigenvalue weighted by Crippen LogP contribution is -2.27. The zero-order valence-electron chi connectivity index (χ0n) is 13.6. The monoisotopic (exact) mass is 323 g/mol. The SMILES string of the molecule is C[C@@H](c1cc2ccccc2o1)N(C)C(=O)/C=C/c1ccc(F)cc1. The first-order valence-corrected chi connectivity index (χ1v) is 7.73. The standard InChI is InChI=1S/C20H18FNO2/c1-14(19-13-16-5-3-4-6-18(16)24-19)22(2)20(23)12-9-15-7-10-17(21)11-8-15/h3-14H,1-2H3/b12-9+/t14-/m0/s1. The Hall–Kier alpha value is -2.88. The molecule has 0 saturated carbocycles. The van der Waals surface area contributed by atoms with Crippen LogP contribution in [0.25, 0.3) is 17.0 Å². The molecule has 0 unspecified atom stereocenters. The first-order valence-electron chi connectivity index (χ1n) is 7.73. The molecule has 0 N–H and O–H groups in total. The second-order valence-electron chi connectivity index (χ2n) is 5.70. The fraction of sp³-hybridized carbons (Fsp3) is 0.150. The summed E-state index contributed by atoms with van der Waals surface area (Å²) in [5.74, 6) is 0.295. The van der Waals surface area contributed by atoms with Crippen LogP contribution in [0.3, 0.4) is 0 Å². The average molecular weight is 323 g/mol. The number of furan rings is 1. The van der Waals surface area contributed by atoms with Crippen molar-refractivity contribution in [2.45, 2.75) is 13.0 Å². The van der Waals surface area contributed by atoms with E-state index in [-0.39, 0.29) is 17.8 Å². The number of hydrogen-bond acceptors (Lipinski definition) is 2. The number of amides is 1. The maximum atomic E-state index is 12.9. The molecule has 0 spiro atoms. The van der Waals surface area contributed by atoms with Crippen LogP contribution < -0.4 is 0 Å². The molecule has 0 aliphatic rings. The van der Waals surface area contributed by atoms with Gasteiger partial charge >= 0.3 is 0 Å². The van der Waals surface area contributed by atoms with Crippen molar-refractivity contribution in [1.29, 1.82) is 0 Å². The van der Waals surface area contributed by atoms with E-state index in [2.05, 4.69) is 0 Å². The molecule has 0 fully saturated rings. The minimum Gasteiger partial charge on any atom is -0.459 e. The Morgan fingerprint density at radius 3 is 2.58 bits per heavy atom. The molecule has 3 rings (SSSR count). The molecule has 0 aliphatic heterocycles. The maximum absolute atomic E-state index is 12.9. The number of carbonyl (C=O) groups is 1. The lowest BCUT2D eigenvalue weighted by Gasteiger charge is -2.21. The van der Waals surface area contributed by atoms with Crippen LogP contribution in [-0.4, -0.2) is 17.9 Å². The number of hydrogen-bond donors (Lipinski definition) is 0. The third-order valence-electron chi connectivity index (χ3n) is 4.07. The highest BCUT2D eigenvalue weighted by molar-refractivity contribution is 5.92. The van der Waals surface area contributed by atoms with Crippen LogP contribution in [0.2, 0.25) is 0 Å². The van der Waals surface area contributed by atoms with E-state index >= 15 is 0 Å². The van der Waals surface area contributed by atoms with Crippen molar-refractivity contribution >= 4 is 23.0 Å². The molecule has 3 aromatic rings. The normalized spacial score (nSPS) is 12.6. The molecule has 2 aromatic carbocycles. The van der Waals surface area contributed by atoms with Crippen molar-refractivity contribution in [2.24, 2.45) is 0 Å². The fourth-order valence-electron chi connectivity index (χ4n) is 2.45. The van der Waals surface area contributed by atoms with Gasteiger partial charge in [0.2, 0.25) is 5.91 Å². The number of nitrogens with zero attached hydrogens (tertiary/aromatic N) is 1. The number of para-hydroxylation sites is 1. The van der Waals surface area contributed by atoms with Gasteiger partial charge < -0.3 is 9.32 Å². The molecule has 1 amide bonds. The highest BCUT2D eigenvalue weighted by atomic mass is 19.1. The zero-order chi connectivity index (χ0) is 17.1. The van der Waals surface area contributed by atoms with Crippen molar-refractivity contribution < 1.29 is 13.6 Å². The molecule has 1 aromatic heterocycles. The van der Waals surface area contributed by atoms with Crippen molar-refractivity contribution in [1.82, 2.24) is 4.90 Å². The van der Waals surface area contributed by atoms with E-state index in [1.54, 1.807) is 30.2 Å². The highest BCUT2D eigenvalue weighted by Crippen LogP contribution is 2.26. The molecular weight excluding hydrogens is 305 g/mol. The van der Waals surface area contributed by atoms with Crippen LogP contribution in [-0.2, 0) is 4.79 Å². The summed E-state index contributed by atoms with van der Waals surface area (Å²) in [4.78, 5) is 13.9. The smallest absolute Gasteiger partial charge is 0.246 e. The van der Waals surface area contributed by atoms with Gasteiger partial charge in [0.15, 0.2) is 0 Å². The zero-order valence-corrected chi connectivity index (χ0v) is 13.6. The number of rotatable bonds is 4. The van der Waals surface area contributed by atoms with Gasteiger partial charge in [0, 0.05) is 18.5 Å². The number of likely N-dealkylation sites (N-methyl/N-ethyl adjacent to an activating group) is 1. The van der Waals surface area contributed by atoms with Gasteiger partial charge in [-0.15, -0.1) is 0 Å². The van der Waals surface area contributed by atoms with Crippen LogP contribution >= 0.6 is 0 Å². The van der Waals surface area contributed by atoms with E-state index in [9.17, 15) is 9.18 Å². The number of benzene rings is 2. The highest BCUT2D eigenvalue weighted by Gasteiger charge is 2.19. The van der Waals surface area contributed by atoms with Crippen LogP contribution in [0.5, 0.6) is 0 Å². The summed E-state index contributed by atoms with van der Waals surface area (Å²) in [5.41, 5.74) is 1.58. The minimum atomic E-state index is -0.297. The first-order chi connectivity index (χ1) is 11.5. The lowest BCUT2D eigenvalue weighted by molar-refractivity contribution is -0.126. The van der Waals surface area contributed by atoms with Crippen molar-refractivity contribution in [3.63, 3.8) is 0 Å². The Kier molecular flexibility index (Phi) is 4.47. The maximum Gasteiger partial charge on any atom is 0.246 e. The molecule has 1 heterocycles. The van der Waals surface area contributed by atoms with Gasteiger partial charge in [-0.05, 0) is 42.8 Å². The van der Waals surface area contributed by atoms with Crippen molar-refractivity contribution in [3.8, 4) is 0 Å². The third-order valence-corrected chi connectivity index (χ3v) is 4.07. The molecule has 24 heavy (non-hydrogen) atoms. The molecule has 122 valence electrons. The Labute approximate surface area is 140 Å². The third kappa shape index (κ3) is 3.38. The second kappa shape index (κ2) is 6.71. The number of halogens is 1. The predicted molar refractivity (Wildman–Crippen MR) is 92.8 cm³/mol. The van der Waals surface area contributed by atoms with Gasteiger partial charge in [-0.1, -0.05) is 30.3 Å². The predicted octanol–water partition coefficient (Wildman–Crippen LogP) is 4.80. The second-order valence-corrected chi connectivity index (χ2v) is 5.70. The largest absolute Gasteiger partial charge is 0.459 e. The quantitative estimate of drug-likeness (QED) is 0.646. The summed E-state index contributed by atoms with van der Waals surface area (Å²) >= 11 is 0. The molecule has 1 atom stereocenters. The van der Waals surface area contributed by atoms with Gasteiger partial charge in [-0.25, -0.2) is 4.39 Å². The minimum absolute atomic E-state index is 0.146. The van der Waals surface area contributed by atoms with Crippen LogP contribution in [0, 0.1) is 5.82 Å². The first kappa shape index (κ1) is 16.0. The summed E-state index contributed by atoms with van der Waals surface area (Å²) in [6.45, 7) is 1.92. The van der Waals surface area contributed by atoms with Gasteiger partial charge in [-0.3, -0.25) is 4.79 Å². The van der Waals surface area contributed by atoms with E-state index in [1.165, 1.54) is 18.2 Å². The van der Waals surface area contributed by atoms with E-state index in [4.69, 9.17) is 4.42 Å². The van der Waals surface area contributed by atoms with Crippen LogP contribution in [0.1, 0.15) is 24.3 Å². The molecule has 0 aliphatic carbocycles. The lowest BCUT2D eigenvalue weighted by atomic mass is 10.2. The summed E-state index contributed by atoms with van der Waals surface area (Å²) in [6, 6.07) is 15.5. The number of carbonyl (C=O) groups excluding carboxylic acids is 1. The molecule has 0 bridgehead atoms. The summed E-state index contributed by atoms with van der Waals surface area (Å²) < 4.78 is 18.7. The van der Waals surface area contributed by atoms with Gasteiger partial charge in [-0.2, -0.15) is 0 Å². The Morgan fingerprint density at radius 2 is 1.88 bits per heavy atom. The Bertz CT molecular complexity index is 847. The number of fused-ring (bicyclic) bond motifs is 1. The van der Waals surface area contributed by atoms with Crippen molar-refractivity contribution in [3.05, 3.63) is 77.8 Å². The molecule has 0 radical (unpaired) electrons. The fourth-order valence-corrected chi connectivity index (χ4v) is 2.45. The summed E-state index contributed by atoms with van der Waals surface area (Å²) in [6.07, 6.45) is 3.15. The topological polar surface area (TPSA) is 33.5 Å². The van der Waals surface area contributed by atoms with Gasteiger partial charge in [0.05, 0.1) is 6.04 Å². The molecule has 4 heteroatoms. The van der Waals surface area contributed by atoms with Crippen molar-refractivity contribution in [2.75, 3.05) is 7.05 Å². The average Bonchev–Trinajstić information content (AvgIpc) is 3.03. The molecule has 3 nitrogen and oxygen atoms in total. The van der Waals surface area contributed by atoms with E-state index in [0.717, 1.165) is 22.3 Å². The summed E-state index contributed by atoms with van der Waals surface area (Å²) in [5, 5.41) is 1.02. The van der Waals surface area contributed by atoms with E-state index < -0.39 is 0 Å².